The Morgan fingerprint density at radius 3 is 2.64 bits per heavy atom. The van der Waals surface area contributed by atoms with Gasteiger partial charge in [-0.25, -0.2) is 8.42 Å². The maximum absolute atomic E-state index is 13.4. The van der Waals surface area contributed by atoms with Gasteiger partial charge in [0.1, 0.15) is 17.9 Å². The molecule has 1 atom stereocenters. The van der Waals surface area contributed by atoms with Crippen LogP contribution in [0.3, 0.4) is 0 Å². The summed E-state index contributed by atoms with van der Waals surface area (Å²) in [6.45, 7) is 1.84. The third kappa shape index (κ3) is 5.60. The predicted octanol–water partition coefficient (Wildman–Crippen LogP) is 2.56. The minimum atomic E-state index is -3.93. The number of hydrogen-bond acceptors (Lipinski definition) is 7. The second-order valence-electron chi connectivity index (χ2n) is 9.12. The van der Waals surface area contributed by atoms with Crippen molar-refractivity contribution >= 4 is 49.8 Å². The number of likely N-dealkylation sites (tertiary alicyclic amines) is 2. The fourth-order valence-electron chi connectivity index (χ4n) is 4.64. The molecular formula is C24H29ClN6O4S. The first-order valence-corrected chi connectivity index (χ1v) is 14.2. The summed E-state index contributed by atoms with van der Waals surface area (Å²) in [5.41, 5.74) is 1.11. The van der Waals surface area contributed by atoms with Crippen molar-refractivity contribution in [3.63, 3.8) is 0 Å². The number of sulfone groups is 1. The van der Waals surface area contributed by atoms with E-state index in [-0.39, 0.29) is 24.2 Å². The Morgan fingerprint density at radius 1 is 1.22 bits per heavy atom. The molecule has 0 saturated carbocycles. The molecule has 3 N–H and O–H groups in total. The first-order chi connectivity index (χ1) is 17.2. The number of aromatic nitrogens is 1. The molecule has 0 bridgehead atoms. The summed E-state index contributed by atoms with van der Waals surface area (Å²) in [7, 11) is -3.93. The Morgan fingerprint density at radius 2 is 1.94 bits per heavy atom. The van der Waals surface area contributed by atoms with Crippen LogP contribution in [-0.4, -0.2) is 73.5 Å². The number of nitriles is 1. The number of fused-ring (bicyclic) bond motifs is 1. The molecule has 2 aromatic rings. The van der Waals surface area contributed by atoms with Crippen LogP contribution >= 0.6 is 11.6 Å². The van der Waals surface area contributed by atoms with Crippen molar-refractivity contribution in [3.05, 3.63) is 40.1 Å². The molecule has 1 aromatic heterocycles. The van der Waals surface area contributed by atoms with Gasteiger partial charge in [0.15, 0.2) is 14.7 Å². The summed E-state index contributed by atoms with van der Waals surface area (Å²) in [5, 5.41) is 17.0. The molecule has 0 radical (unpaired) electrons. The number of hydrogen-bond donors (Lipinski definition) is 3. The lowest BCUT2D eigenvalue weighted by molar-refractivity contribution is -0.140. The monoisotopic (exact) mass is 532 g/mol. The molecule has 36 heavy (non-hydrogen) atoms. The van der Waals surface area contributed by atoms with Gasteiger partial charge in [0.05, 0.1) is 22.8 Å². The van der Waals surface area contributed by atoms with E-state index in [9.17, 15) is 23.3 Å². The molecular weight excluding hydrogens is 504 g/mol. The van der Waals surface area contributed by atoms with Crippen LogP contribution in [0, 0.1) is 11.3 Å². The molecule has 10 nitrogen and oxygen atoms in total. The largest absolute Gasteiger partial charge is 0.358 e. The van der Waals surface area contributed by atoms with Crippen molar-refractivity contribution in [2.24, 2.45) is 0 Å². The van der Waals surface area contributed by atoms with Crippen molar-refractivity contribution < 1.29 is 18.0 Å². The van der Waals surface area contributed by atoms with Gasteiger partial charge in [-0.05, 0) is 38.2 Å². The first-order valence-electron chi connectivity index (χ1n) is 11.9. The molecule has 0 aliphatic carbocycles. The van der Waals surface area contributed by atoms with Crippen molar-refractivity contribution in [3.8, 4) is 6.07 Å². The Hall–Kier alpha value is -3.23. The van der Waals surface area contributed by atoms with Gasteiger partial charge in [-0.1, -0.05) is 23.7 Å². The number of anilines is 1. The highest BCUT2D eigenvalue weighted by Crippen LogP contribution is 2.30. The summed E-state index contributed by atoms with van der Waals surface area (Å²) in [6, 6.07) is 6.22. The van der Waals surface area contributed by atoms with E-state index in [0.717, 1.165) is 30.9 Å². The van der Waals surface area contributed by atoms with Crippen LogP contribution < -0.4 is 10.6 Å². The molecule has 1 aromatic carbocycles. The van der Waals surface area contributed by atoms with E-state index in [0.29, 0.717) is 48.7 Å². The first kappa shape index (κ1) is 25.9. The molecule has 2 aliphatic heterocycles. The second-order valence-corrected chi connectivity index (χ2v) is 11.5. The number of allylic oxidation sites excluding steroid dienone is 1. The van der Waals surface area contributed by atoms with Crippen molar-refractivity contribution in [1.29, 1.82) is 5.26 Å². The average molecular weight is 533 g/mol. The molecule has 2 amide bonds. The Kier molecular flexibility index (Phi) is 7.76. The summed E-state index contributed by atoms with van der Waals surface area (Å²) in [6.07, 6.45) is 6.33. The number of amides is 2. The number of halogens is 1. The van der Waals surface area contributed by atoms with E-state index in [1.54, 1.807) is 29.3 Å². The standard InChI is InChI=1S/C24H29ClN6O4S/c1-36(34,35)20(13-26)23(28-18-9-6-7-16-17(25)14-27-22(16)18)29-19-8-2-3-12-31(24(19)33)15-21(32)30-10-4-5-11-30/h6-7,9,14,19,27-29H,2-5,8,10-12,15H2,1H3/b23-20-/t19-/m0/s1. The fourth-order valence-corrected chi connectivity index (χ4v) is 5.50. The van der Waals surface area contributed by atoms with Gasteiger partial charge in [0.2, 0.25) is 11.8 Å². The third-order valence-electron chi connectivity index (χ3n) is 6.51. The van der Waals surface area contributed by atoms with Gasteiger partial charge in [0.25, 0.3) is 0 Å². The highest BCUT2D eigenvalue weighted by atomic mass is 35.5. The lowest BCUT2D eigenvalue weighted by atomic mass is 10.1. The average Bonchev–Trinajstić information content (AvgIpc) is 3.46. The molecule has 0 spiro atoms. The number of carbonyl (C=O) groups excluding carboxylic acids is 2. The Bertz CT molecular complexity index is 1340. The van der Waals surface area contributed by atoms with E-state index in [1.807, 2.05) is 6.07 Å². The fraction of sp³-hybridized carbons (Fsp3) is 0.458. The zero-order valence-electron chi connectivity index (χ0n) is 20.0. The van der Waals surface area contributed by atoms with Crippen LogP contribution in [-0.2, 0) is 19.4 Å². The van der Waals surface area contributed by atoms with E-state index in [1.165, 1.54) is 4.90 Å². The quantitative estimate of drug-likeness (QED) is 0.466. The molecule has 2 fully saturated rings. The second kappa shape index (κ2) is 10.8. The van der Waals surface area contributed by atoms with Crippen LogP contribution in [0.15, 0.2) is 35.1 Å². The number of rotatable bonds is 7. The van der Waals surface area contributed by atoms with Crippen LogP contribution in [0.1, 0.15) is 32.1 Å². The van der Waals surface area contributed by atoms with Crippen LogP contribution in [0.2, 0.25) is 5.02 Å². The van der Waals surface area contributed by atoms with E-state index in [2.05, 4.69) is 15.6 Å². The Balaban J connectivity index is 1.63. The summed E-state index contributed by atoms with van der Waals surface area (Å²) in [5.74, 6) is -0.477. The smallest absolute Gasteiger partial charge is 0.245 e. The molecule has 12 heteroatoms. The minimum absolute atomic E-state index is 0.0129. The van der Waals surface area contributed by atoms with Crippen molar-refractivity contribution in [2.45, 2.75) is 38.1 Å². The van der Waals surface area contributed by atoms with Gasteiger partial charge in [-0.2, -0.15) is 5.26 Å². The predicted molar refractivity (Wildman–Crippen MR) is 138 cm³/mol. The van der Waals surface area contributed by atoms with Gasteiger partial charge >= 0.3 is 0 Å². The topological polar surface area (TPSA) is 138 Å². The van der Waals surface area contributed by atoms with Crippen LogP contribution in [0.5, 0.6) is 0 Å². The maximum atomic E-state index is 13.4. The molecule has 4 rings (SSSR count). The summed E-state index contributed by atoms with van der Waals surface area (Å²) >= 11 is 6.22. The van der Waals surface area contributed by atoms with Gasteiger partial charge in [0, 0.05) is 37.5 Å². The highest BCUT2D eigenvalue weighted by molar-refractivity contribution is 7.94. The van der Waals surface area contributed by atoms with Gasteiger partial charge in [-0.3, -0.25) is 9.59 Å². The van der Waals surface area contributed by atoms with Crippen LogP contribution in [0.4, 0.5) is 5.69 Å². The van der Waals surface area contributed by atoms with Gasteiger partial charge in [-0.15, -0.1) is 0 Å². The summed E-state index contributed by atoms with van der Waals surface area (Å²) in [4.78, 5) is 32.0. The van der Waals surface area contributed by atoms with Crippen LogP contribution in [0.25, 0.3) is 10.9 Å². The SMILES string of the molecule is CS(=O)(=O)/C(C#N)=C(/Nc1cccc2c(Cl)c[nH]c12)N[C@H]1CCCCN(CC(=O)N2CCCC2)C1=O. The van der Waals surface area contributed by atoms with Crippen molar-refractivity contribution in [1.82, 2.24) is 20.1 Å². The molecule has 2 saturated heterocycles. The molecule has 192 valence electrons. The minimum Gasteiger partial charge on any atom is -0.358 e. The zero-order valence-corrected chi connectivity index (χ0v) is 21.6. The summed E-state index contributed by atoms with van der Waals surface area (Å²) < 4.78 is 24.9. The Labute approximate surface area is 215 Å². The van der Waals surface area contributed by atoms with E-state index in [4.69, 9.17) is 11.6 Å². The number of carbonyl (C=O) groups is 2. The lowest BCUT2D eigenvalue weighted by Gasteiger charge is -2.28. The molecule has 0 unspecified atom stereocenters. The third-order valence-corrected chi connectivity index (χ3v) is 7.86. The number of nitrogens with zero attached hydrogens (tertiary/aromatic N) is 3. The molecule has 2 aliphatic rings. The van der Waals surface area contributed by atoms with E-state index < -0.39 is 20.8 Å². The zero-order chi connectivity index (χ0) is 25.9. The number of nitrogens with one attached hydrogen (secondary N) is 3. The number of aromatic amines is 1. The lowest BCUT2D eigenvalue weighted by Crippen LogP contribution is -2.49. The maximum Gasteiger partial charge on any atom is 0.245 e. The molecule has 3 heterocycles. The normalized spacial score (nSPS) is 19.6. The van der Waals surface area contributed by atoms with Gasteiger partial charge < -0.3 is 25.4 Å². The number of H-pyrrole nitrogens is 1. The number of para-hydroxylation sites is 1. The van der Waals surface area contributed by atoms with E-state index >= 15 is 0 Å². The highest BCUT2D eigenvalue weighted by Gasteiger charge is 2.32. The number of benzene rings is 1. The van der Waals surface area contributed by atoms with Crippen molar-refractivity contribution in [2.75, 3.05) is 37.8 Å².